The molecule has 3 heteroatoms. The number of hydrogen-bond acceptors (Lipinski definition) is 3. The highest BCUT2D eigenvalue weighted by molar-refractivity contribution is 7.27. The molecule has 2 aliphatic rings. The summed E-state index contributed by atoms with van der Waals surface area (Å²) in [6.07, 6.45) is 0. The zero-order valence-corrected chi connectivity index (χ0v) is 34.5. The van der Waals surface area contributed by atoms with Gasteiger partial charge in [-0.3, -0.25) is 0 Å². The van der Waals surface area contributed by atoms with Gasteiger partial charge in [0.25, 0.3) is 0 Å². The van der Waals surface area contributed by atoms with Crippen LogP contribution in [0.15, 0.2) is 144 Å². The summed E-state index contributed by atoms with van der Waals surface area (Å²) < 4.78 is 5.43. The Morgan fingerprint density at radius 3 is 1.18 bits per heavy atom. The highest BCUT2D eigenvalue weighted by Gasteiger charge is 2.38. The molecular formula is C54H36S3. The third-order valence-corrected chi connectivity index (χ3v) is 16.8. The fourth-order valence-corrected chi connectivity index (χ4v) is 14.0. The zero-order chi connectivity index (χ0) is 37.9. The Morgan fingerprint density at radius 1 is 0.316 bits per heavy atom. The SMILES string of the molecule is CC1(C)c2ccccc2-c2cc3c(-c4csc5ccccc45)cc4c5cc(-c6csc7ccccc67)c6cc7c(cc6c5sc4c3cc21)C(C)(C)c1ccccc1-7. The normalized spacial score (nSPS) is 14.9. The van der Waals surface area contributed by atoms with Gasteiger partial charge < -0.3 is 0 Å². The summed E-state index contributed by atoms with van der Waals surface area (Å²) in [6, 6.07) is 51.3. The largest absolute Gasteiger partial charge is 0.143 e. The minimum Gasteiger partial charge on any atom is -0.143 e. The summed E-state index contributed by atoms with van der Waals surface area (Å²) in [6.45, 7) is 9.64. The average molecular weight is 781 g/mol. The van der Waals surface area contributed by atoms with Crippen molar-refractivity contribution in [2.24, 2.45) is 0 Å². The topological polar surface area (TPSA) is 0 Å². The Kier molecular flexibility index (Phi) is 6.32. The van der Waals surface area contributed by atoms with Crippen molar-refractivity contribution in [1.82, 2.24) is 0 Å². The molecule has 3 aromatic heterocycles. The summed E-state index contributed by atoms with van der Waals surface area (Å²) in [5.74, 6) is 0. The van der Waals surface area contributed by atoms with Crippen molar-refractivity contribution in [1.29, 1.82) is 0 Å². The number of fused-ring (bicyclic) bond motifs is 15. The Labute approximate surface area is 343 Å². The van der Waals surface area contributed by atoms with Crippen molar-refractivity contribution < 1.29 is 0 Å². The van der Waals surface area contributed by atoms with E-state index in [9.17, 15) is 0 Å². The average Bonchev–Trinajstić information content (AvgIpc) is 4.04. The molecule has 0 saturated heterocycles. The van der Waals surface area contributed by atoms with Crippen LogP contribution >= 0.6 is 34.0 Å². The molecule has 57 heavy (non-hydrogen) atoms. The minimum atomic E-state index is -0.0881. The van der Waals surface area contributed by atoms with E-state index in [0.29, 0.717) is 0 Å². The van der Waals surface area contributed by atoms with Crippen molar-refractivity contribution in [2.75, 3.05) is 0 Å². The van der Waals surface area contributed by atoms with Gasteiger partial charge >= 0.3 is 0 Å². The lowest BCUT2D eigenvalue weighted by Crippen LogP contribution is -2.14. The first-order chi connectivity index (χ1) is 27.8. The standard InChI is InChI=1S/C54H36S3/c1-53(2)45-17-9-5-13-29(45)37-21-33-35(43-27-55-49-19-11-7-15-31(43)49)23-39-40-24-36(44-28-56-50-20-12-8-16-32(44)50)34-22-38-30-14-6-10-18-46(30)54(3,4)48(38)26-42(34)52(40)57-51(39)41(33)25-47(37)53/h5-28H,1-4H3. The molecule has 0 amide bonds. The van der Waals surface area contributed by atoms with E-state index in [1.54, 1.807) is 0 Å². The molecule has 0 fully saturated rings. The van der Waals surface area contributed by atoms with E-state index in [4.69, 9.17) is 0 Å². The monoisotopic (exact) mass is 780 g/mol. The molecule has 0 nitrogen and oxygen atoms in total. The zero-order valence-electron chi connectivity index (χ0n) is 32.1. The van der Waals surface area contributed by atoms with Gasteiger partial charge in [0.2, 0.25) is 0 Å². The van der Waals surface area contributed by atoms with Gasteiger partial charge in [0, 0.05) is 73.1 Å². The van der Waals surface area contributed by atoms with Gasteiger partial charge in [-0.15, -0.1) is 34.0 Å². The second-order valence-corrected chi connectivity index (χ2v) is 20.1. The van der Waals surface area contributed by atoms with Crippen molar-refractivity contribution in [2.45, 2.75) is 38.5 Å². The third-order valence-electron chi connectivity index (χ3n) is 13.6. The van der Waals surface area contributed by atoms with Gasteiger partial charge in [-0.05, 0) is 126 Å². The van der Waals surface area contributed by atoms with Crippen LogP contribution in [-0.2, 0) is 10.8 Å². The first-order valence-electron chi connectivity index (χ1n) is 19.9. The highest BCUT2D eigenvalue weighted by Crippen LogP contribution is 2.56. The van der Waals surface area contributed by atoms with Crippen molar-refractivity contribution in [3.05, 3.63) is 166 Å². The van der Waals surface area contributed by atoms with Gasteiger partial charge in [-0.2, -0.15) is 0 Å². The van der Waals surface area contributed by atoms with Crippen LogP contribution < -0.4 is 0 Å². The number of benzene rings is 8. The van der Waals surface area contributed by atoms with Crippen LogP contribution in [0.4, 0.5) is 0 Å². The molecular weight excluding hydrogens is 745 g/mol. The second kappa shape index (κ2) is 11.1. The first kappa shape index (κ1) is 32.5. The van der Waals surface area contributed by atoms with E-state index in [0.717, 1.165) is 0 Å². The molecule has 0 unspecified atom stereocenters. The van der Waals surface area contributed by atoms with Crippen LogP contribution in [-0.4, -0.2) is 0 Å². The van der Waals surface area contributed by atoms with E-state index in [1.807, 2.05) is 34.0 Å². The number of rotatable bonds is 2. The molecule has 0 N–H and O–H groups in total. The molecule has 270 valence electrons. The molecule has 0 spiro atoms. The van der Waals surface area contributed by atoms with Gasteiger partial charge in [0.05, 0.1) is 0 Å². The Hall–Kier alpha value is -5.58. The van der Waals surface area contributed by atoms with E-state index in [1.165, 1.54) is 129 Å². The lowest BCUT2D eigenvalue weighted by molar-refractivity contribution is 0.661. The maximum Gasteiger partial charge on any atom is 0.0434 e. The molecule has 0 aliphatic heterocycles. The molecule has 0 bridgehead atoms. The van der Waals surface area contributed by atoms with Crippen molar-refractivity contribution in [3.63, 3.8) is 0 Å². The molecule has 0 saturated carbocycles. The molecule has 11 aromatic rings. The van der Waals surface area contributed by atoms with E-state index < -0.39 is 0 Å². The fraction of sp³-hybridized carbons (Fsp3) is 0.111. The lowest BCUT2D eigenvalue weighted by Gasteiger charge is -2.22. The van der Waals surface area contributed by atoms with Crippen molar-refractivity contribution >= 4 is 95.9 Å². The Bertz CT molecular complexity index is 3350. The number of hydrogen-bond donors (Lipinski definition) is 0. The Balaban J connectivity index is 1.21. The summed E-state index contributed by atoms with van der Waals surface area (Å²) in [4.78, 5) is 0. The van der Waals surface area contributed by atoms with E-state index in [2.05, 4.69) is 172 Å². The minimum absolute atomic E-state index is 0.0881. The van der Waals surface area contributed by atoms with Gasteiger partial charge in [-0.25, -0.2) is 0 Å². The van der Waals surface area contributed by atoms with Crippen molar-refractivity contribution in [3.8, 4) is 44.5 Å². The second-order valence-electron chi connectivity index (χ2n) is 17.2. The van der Waals surface area contributed by atoms with Crippen LogP contribution in [0.2, 0.25) is 0 Å². The first-order valence-corrected chi connectivity index (χ1v) is 22.5. The molecule has 0 atom stereocenters. The summed E-state index contributed by atoms with van der Waals surface area (Å²) >= 11 is 5.72. The van der Waals surface area contributed by atoms with E-state index in [-0.39, 0.29) is 10.8 Å². The maximum atomic E-state index is 2.58. The van der Waals surface area contributed by atoms with Crippen LogP contribution in [0.5, 0.6) is 0 Å². The van der Waals surface area contributed by atoms with Crippen LogP contribution in [0.1, 0.15) is 49.9 Å². The predicted octanol–water partition coefficient (Wildman–Crippen LogP) is 16.7. The highest BCUT2D eigenvalue weighted by atomic mass is 32.1. The molecule has 2 aliphatic carbocycles. The van der Waals surface area contributed by atoms with Crippen LogP contribution in [0, 0.1) is 0 Å². The summed E-state index contributed by atoms with van der Waals surface area (Å²) in [7, 11) is 0. The Morgan fingerprint density at radius 2 is 0.702 bits per heavy atom. The van der Waals surface area contributed by atoms with Gasteiger partial charge in [-0.1, -0.05) is 113 Å². The molecule has 0 radical (unpaired) electrons. The van der Waals surface area contributed by atoms with Gasteiger partial charge in [0.1, 0.15) is 0 Å². The maximum absolute atomic E-state index is 2.58. The fourth-order valence-electron chi connectivity index (χ4n) is 10.7. The quantitative estimate of drug-likeness (QED) is 0.164. The third kappa shape index (κ3) is 4.17. The summed E-state index contributed by atoms with van der Waals surface area (Å²) in [5, 5.41) is 15.6. The lowest BCUT2D eigenvalue weighted by atomic mass is 9.81. The smallest absolute Gasteiger partial charge is 0.0434 e. The van der Waals surface area contributed by atoms with Crippen LogP contribution in [0.3, 0.4) is 0 Å². The molecule has 3 heterocycles. The molecule has 8 aromatic carbocycles. The molecule has 13 rings (SSSR count). The number of thiophene rings is 3. The van der Waals surface area contributed by atoms with Crippen LogP contribution in [0.25, 0.3) is 106 Å². The predicted molar refractivity (Wildman–Crippen MR) is 251 cm³/mol. The van der Waals surface area contributed by atoms with Gasteiger partial charge in [0.15, 0.2) is 0 Å². The summed E-state index contributed by atoms with van der Waals surface area (Å²) in [5.41, 5.74) is 16.3. The van der Waals surface area contributed by atoms with E-state index >= 15 is 0 Å².